The van der Waals surface area contributed by atoms with E-state index in [0.717, 1.165) is 49.7 Å². The molecular weight excluding hydrogens is 256 g/mol. The van der Waals surface area contributed by atoms with Crippen LogP contribution in [0.25, 0.3) is 0 Å². The lowest BCUT2D eigenvalue weighted by atomic mass is 9.74. The van der Waals surface area contributed by atoms with E-state index in [1.165, 1.54) is 12.8 Å². The van der Waals surface area contributed by atoms with Gasteiger partial charge in [0.05, 0.1) is 0 Å². The van der Waals surface area contributed by atoms with E-state index >= 15 is 0 Å². The third-order valence-corrected chi connectivity index (χ3v) is 4.87. The first-order valence-corrected chi connectivity index (χ1v) is 7.57. The van der Waals surface area contributed by atoms with Gasteiger partial charge in [0.2, 0.25) is 0 Å². The van der Waals surface area contributed by atoms with Gasteiger partial charge in [0, 0.05) is 12.2 Å². The summed E-state index contributed by atoms with van der Waals surface area (Å²) in [5, 5.41) is 8.51. The van der Waals surface area contributed by atoms with Gasteiger partial charge in [-0.3, -0.25) is 0 Å². The molecule has 2 aliphatic carbocycles. The van der Waals surface area contributed by atoms with E-state index in [4.69, 9.17) is 9.84 Å². The number of carbonyl (C=O) groups is 2. The second-order valence-electron chi connectivity index (χ2n) is 6.51. The number of aliphatic carboxylic acids is 1. The Morgan fingerprint density at radius 3 is 2.20 bits per heavy atom. The summed E-state index contributed by atoms with van der Waals surface area (Å²) in [4.78, 5) is 22.0. The summed E-state index contributed by atoms with van der Waals surface area (Å²) in [7, 11) is 0. The molecule has 2 fully saturated rings. The van der Waals surface area contributed by atoms with Crippen molar-refractivity contribution in [3.8, 4) is 0 Å². The number of esters is 1. The Balaban J connectivity index is 1.86. The number of ether oxygens (including phenoxy) is 1. The van der Waals surface area contributed by atoms with Crippen LogP contribution in [0.1, 0.15) is 52.4 Å². The van der Waals surface area contributed by atoms with Crippen LogP contribution in [-0.2, 0) is 14.3 Å². The lowest BCUT2D eigenvalue weighted by Crippen LogP contribution is -2.32. The first-order valence-electron chi connectivity index (χ1n) is 7.57. The number of hydrogen-bond donors (Lipinski definition) is 1. The number of carboxylic acid groups (broad SMARTS) is 1. The minimum Gasteiger partial charge on any atom is -0.478 e. The highest BCUT2D eigenvalue weighted by atomic mass is 16.6. The van der Waals surface area contributed by atoms with Crippen LogP contribution in [0.5, 0.6) is 0 Å². The van der Waals surface area contributed by atoms with Crippen molar-refractivity contribution in [3.05, 3.63) is 12.2 Å². The predicted molar refractivity (Wildman–Crippen MR) is 75.1 cm³/mol. The minimum absolute atomic E-state index is 0.290. The van der Waals surface area contributed by atoms with Gasteiger partial charge in [-0.25, -0.2) is 9.59 Å². The molecule has 0 saturated heterocycles. The van der Waals surface area contributed by atoms with Gasteiger partial charge in [-0.05, 0) is 56.3 Å². The quantitative estimate of drug-likeness (QED) is 0.620. The van der Waals surface area contributed by atoms with Crippen LogP contribution < -0.4 is 0 Å². The largest absolute Gasteiger partial charge is 0.478 e. The van der Waals surface area contributed by atoms with Crippen molar-refractivity contribution < 1.29 is 19.4 Å². The maximum atomic E-state index is 11.6. The third-order valence-electron chi connectivity index (χ3n) is 4.87. The average Bonchev–Trinajstić information content (AvgIpc) is 3.17. The highest BCUT2D eigenvalue weighted by Gasteiger charge is 2.53. The van der Waals surface area contributed by atoms with Gasteiger partial charge in [-0.1, -0.05) is 13.8 Å². The molecule has 2 rings (SSSR count). The summed E-state index contributed by atoms with van der Waals surface area (Å²) in [6, 6.07) is 0. The van der Waals surface area contributed by atoms with Gasteiger partial charge in [0.25, 0.3) is 0 Å². The van der Waals surface area contributed by atoms with Crippen molar-refractivity contribution >= 4 is 11.9 Å². The normalized spacial score (nSPS) is 28.6. The van der Waals surface area contributed by atoms with Crippen LogP contribution in [0.15, 0.2) is 12.2 Å². The summed E-state index contributed by atoms with van der Waals surface area (Å²) in [6.45, 7) is 4.54. The van der Waals surface area contributed by atoms with E-state index in [0.29, 0.717) is 5.92 Å². The fourth-order valence-electron chi connectivity index (χ4n) is 3.40. The molecule has 0 heterocycles. The molecule has 0 unspecified atom stereocenters. The molecule has 4 heteroatoms. The summed E-state index contributed by atoms with van der Waals surface area (Å²) < 4.78 is 5.55. The Morgan fingerprint density at radius 1 is 1.15 bits per heavy atom. The number of carbonyl (C=O) groups excluding carboxylic acids is 1. The van der Waals surface area contributed by atoms with Crippen molar-refractivity contribution in [2.75, 3.05) is 0 Å². The Labute approximate surface area is 120 Å². The standard InChI is InChI=1S/C16H24O4/c1-11(2)12-3-5-13(6-4-12)16(9-10-16)20-15(19)8-7-14(17)18/h7-8,11-13H,3-6,9-10H2,1-2H3,(H,17,18)/b8-7+. The van der Waals surface area contributed by atoms with Crippen LogP contribution in [-0.4, -0.2) is 22.6 Å². The highest BCUT2D eigenvalue weighted by Crippen LogP contribution is 2.52. The summed E-state index contributed by atoms with van der Waals surface area (Å²) in [5.74, 6) is 0.344. The molecule has 20 heavy (non-hydrogen) atoms. The highest BCUT2D eigenvalue weighted by molar-refractivity contribution is 5.91. The Hall–Kier alpha value is -1.32. The molecule has 0 spiro atoms. The molecular formula is C16H24O4. The smallest absolute Gasteiger partial charge is 0.331 e. The number of rotatable bonds is 5. The molecule has 0 amide bonds. The van der Waals surface area contributed by atoms with E-state index in [1.54, 1.807) is 0 Å². The van der Waals surface area contributed by atoms with Crippen LogP contribution in [0.3, 0.4) is 0 Å². The zero-order valence-corrected chi connectivity index (χ0v) is 12.3. The Bertz CT molecular complexity index is 399. The fourth-order valence-corrected chi connectivity index (χ4v) is 3.40. The van der Waals surface area contributed by atoms with Crippen molar-refractivity contribution in [2.45, 2.75) is 58.0 Å². The molecule has 0 aliphatic heterocycles. The average molecular weight is 280 g/mol. The van der Waals surface area contributed by atoms with E-state index in [9.17, 15) is 9.59 Å². The monoisotopic (exact) mass is 280 g/mol. The van der Waals surface area contributed by atoms with Crippen molar-refractivity contribution in [2.24, 2.45) is 17.8 Å². The predicted octanol–water partition coefficient (Wildman–Crippen LogP) is 3.17. The van der Waals surface area contributed by atoms with Crippen molar-refractivity contribution in [3.63, 3.8) is 0 Å². The molecule has 4 nitrogen and oxygen atoms in total. The van der Waals surface area contributed by atoms with Gasteiger partial charge in [0.1, 0.15) is 5.60 Å². The molecule has 0 aromatic carbocycles. The van der Waals surface area contributed by atoms with Crippen molar-refractivity contribution in [1.82, 2.24) is 0 Å². The maximum absolute atomic E-state index is 11.6. The van der Waals surface area contributed by atoms with Crippen LogP contribution >= 0.6 is 0 Å². The molecule has 2 aliphatic rings. The first-order chi connectivity index (χ1) is 9.43. The SMILES string of the molecule is CC(C)C1CCC(C2(OC(=O)/C=C/C(=O)O)CC2)CC1. The van der Waals surface area contributed by atoms with Crippen LogP contribution in [0.2, 0.25) is 0 Å². The summed E-state index contributed by atoms with van der Waals surface area (Å²) in [5.41, 5.74) is -0.290. The number of carboxylic acids is 1. The van der Waals surface area contributed by atoms with Crippen LogP contribution in [0.4, 0.5) is 0 Å². The zero-order valence-electron chi connectivity index (χ0n) is 12.3. The second kappa shape index (κ2) is 5.98. The molecule has 0 atom stereocenters. The lowest BCUT2D eigenvalue weighted by Gasteiger charge is -2.35. The molecule has 2 saturated carbocycles. The molecule has 0 bridgehead atoms. The second-order valence-corrected chi connectivity index (χ2v) is 6.51. The first kappa shape index (κ1) is 15.1. The minimum atomic E-state index is -1.12. The molecule has 0 radical (unpaired) electrons. The summed E-state index contributed by atoms with van der Waals surface area (Å²) >= 11 is 0. The number of hydrogen-bond acceptors (Lipinski definition) is 3. The van der Waals surface area contributed by atoms with Gasteiger partial charge in [0.15, 0.2) is 0 Å². The van der Waals surface area contributed by atoms with Crippen LogP contribution in [0, 0.1) is 17.8 Å². The van der Waals surface area contributed by atoms with Gasteiger partial charge >= 0.3 is 11.9 Å². The van der Waals surface area contributed by atoms with Gasteiger partial charge in [-0.2, -0.15) is 0 Å². The van der Waals surface area contributed by atoms with Gasteiger partial charge in [-0.15, -0.1) is 0 Å². The maximum Gasteiger partial charge on any atom is 0.331 e. The third kappa shape index (κ3) is 3.62. The van der Waals surface area contributed by atoms with Crippen molar-refractivity contribution in [1.29, 1.82) is 0 Å². The van der Waals surface area contributed by atoms with E-state index in [2.05, 4.69) is 13.8 Å². The topological polar surface area (TPSA) is 63.6 Å². The molecule has 112 valence electrons. The summed E-state index contributed by atoms with van der Waals surface area (Å²) in [6.07, 6.45) is 8.39. The molecule has 0 aromatic rings. The van der Waals surface area contributed by atoms with E-state index < -0.39 is 11.9 Å². The Morgan fingerprint density at radius 2 is 1.75 bits per heavy atom. The fraction of sp³-hybridized carbons (Fsp3) is 0.750. The zero-order chi connectivity index (χ0) is 14.8. The van der Waals surface area contributed by atoms with E-state index in [1.807, 2.05) is 0 Å². The lowest BCUT2D eigenvalue weighted by molar-refractivity contribution is -0.150. The Kier molecular flexibility index (Phi) is 4.51. The van der Waals surface area contributed by atoms with Gasteiger partial charge < -0.3 is 9.84 Å². The molecule has 0 aromatic heterocycles. The molecule has 1 N–H and O–H groups in total. The van der Waals surface area contributed by atoms with E-state index in [-0.39, 0.29) is 5.60 Å².